The van der Waals surface area contributed by atoms with Crippen molar-refractivity contribution in [1.29, 1.82) is 5.26 Å². The monoisotopic (exact) mass is 318 g/mol. The molecule has 0 spiro atoms. The first-order valence-corrected chi connectivity index (χ1v) is 7.89. The highest BCUT2D eigenvalue weighted by Gasteiger charge is 2.11. The molecule has 0 unspecified atom stereocenters. The molecule has 0 saturated carbocycles. The van der Waals surface area contributed by atoms with Gasteiger partial charge < -0.3 is 5.32 Å². The van der Waals surface area contributed by atoms with Gasteiger partial charge in [-0.25, -0.2) is 0 Å². The molecule has 1 heterocycles. The summed E-state index contributed by atoms with van der Waals surface area (Å²) in [6.07, 6.45) is 1.78. The molecule has 21 heavy (non-hydrogen) atoms. The summed E-state index contributed by atoms with van der Waals surface area (Å²) in [5, 5.41) is 13.2. The number of halogens is 1. The van der Waals surface area contributed by atoms with E-state index < -0.39 is 0 Å². The number of hydrogen-bond donors (Lipinski definition) is 1. The van der Waals surface area contributed by atoms with Crippen LogP contribution >= 0.6 is 22.9 Å². The zero-order valence-electron chi connectivity index (χ0n) is 11.6. The Morgan fingerprint density at radius 2 is 2.19 bits per heavy atom. The molecule has 0 radical (unpaired) electrons. The number of hydrogen-bond acceptors (Lipinski definition) is 3. The number of thiophene rings is 1. The van der Waals surface area contributed by atoms with E-state index in [1.807, 2.05) is 37.3 Å². The number of carbonyl (C=O) groups is 1. The van der Waals surface area contributed by atoms with E-state index in [-0.39, 0.29) is 5.91 Å². The lowest BCUT2D eigenvalue weighted by atomic mass is 10.1. The zero-order valence-corrected chi connectivity index (χ0v) is 13.2. The number of carbonyl (C=O) groups excluding carboxylic acids is 1. The van der Waals surface area contributed by atoms with Crippen LogP contribution in [-0.2, 0) is 17.6 Å². The molecule has 5 heteroatoms. The van der Waals surface area contributed by atoms with Gasteiger partial charge in [-0.1, -0.05) is 36.7 Å². The molecule has 2 aromatic rings. The van der Waals surface area contributed by atoms with Crippen molar-refractivity contribution in [3.8, 4) is 6.07 Å². The second kappa shape index (κ2) is 7.26. The van der Waals surface area contributed by atoms with Gasteiger partial charge in [-0.3, -0.25) is 4.79 Å². The van der Waals surface area contributed by atoms with Crippen molar-refractivity contribution in [2.75, 3.05) is 5.32 Å². The molecule has 2 rings (SSSR count). The Balaban J connectivity index is 1.98. The normalized spacial score (nSPS) is 10.1. The largest absolute Gasteiger partial charge is 0.317 e. The van der Waals surface area contributed by atoms with Crippen LogP contribution in [0.15, 0.2) is 30.3 Å². The van der Waals surface area contributed by atoms with Crippen molar-refractivity contribution < 1.29 is 4.79 Å². The van der Waals surface area contributed by atoms with Gasteiger partial charge in [0.25, 0.3) is 0 Å². The van der Waals surface area contributed by atoms with Gasteiger partial charge in [-0.2, -0.15) is 5.26 Å². The summed E-state index contributed by atoms with van der Waals surface area (Å²) in [6.45, 7) is 2.02. The smallest absolute Gasteiger partial charge is 0.225 e. The minimum absolute atomic E-state index is 0.101. The van der Waals surface area contributed by atoms with Crippen molar-refractivity contribution in [3.63, 3.8) is 0 Å². The molecule has 1 N–H and O–H groups in total. The van der Waals surface area contributed by atoms with Gasteiger partial charge >= 0.3 is 0 Å². The predicted octanol–water partition coefficient (Wildman–Crippen LogP) is 4.41. The molecular formula is C16H15ClN2OS. The first kappa shape index (κ1) is 15.6. The lowest BCUT2D eigenvalue weighted by molar-refractivity contribution is -0.116. The number of nitrogens with zero attached hydrogens (tertiary/aromatic N) is 1. The first-order valence-electron chi connectivity index (χ1n) is 6.70. The number of nitriles is 1. The van der Waals surface area contributed by atoms with Crippen LogP contribution in [0.5, 0.6) is 0 Å². The number of anilines is 1. The van der Waals surface area contributed by atoms with Crippen molar-refractivity contribution in [3.05, 3.63) is 51.4 Å². The lowest BCUT2D eigenvalue weighted by Crippen LogP contribution is -2.12. The fourth-order valence-corrected chi connectivity index (χ4v) is 3.12. The molecular weight excluding hydrogens is 304 g/mol. The van der Waals surface area contributed by atoms with Crippen LogP contribution in [0.3, 0.4) is 0 Å². The molecule has 1 amide bonds. The van der Waals surface area contributed by atoms with E-state index in [0.29, 0.717) is 28.4 Å². The second-order valence-electron chi connectivity index (χ2n) is 4.56. The molecule has 3 nitrogen and oxygen atoms in total. The molecule has 0 atom stereocenters. The molecule has 0 bridgehead atoms. The number of aryl methyl sites for hydroxylation is 2. The van der Waals surface area contributed by atoms with Gasteiger partial charge in [0.05, 0.1) is 5.56 Å². The molecule has 0 aliphatic rings. The summed E-state index contributed by atoms with van der Waals surface area (Å²) in [6, 6.07) is 11.4. The van der Waals surface area contributed by atoms with Crippen LogP contribution in [0, 0.1) is 11.3 Å². The third-order valence-electron chi connectivity index (χ3n) is 3.08. The van der Waals surface area contributed by atoms with Crippen LogP contribution in [0.2, 0.25) is 5.02 Å². The summed E-state index contributed by atoms with van der Waals surface area (Å²) >= 11 is 7.52. The number of nitrogens with one attached hydrogen (secondary N) is 1. The summed E-state index contributed by atoms with van der Waals surface area (Å²) in [5.41, 5.74) is 1.48. The maximum Gasteiger partial charge on any atom is 0.225 e. The molecule has 108 valence electrons. The molecule has 1 aromatic carbocycles. The van der Waals surface area contributed by atoms with Crippen molar-refractivity contribution in [1.82, 2.24) is 0 Å². The minimum atomic E-state index is -0.101. The second-order valence-corrected chi connectivity index (χ2v) is 6.10. The van der Waals surface area contributed by atoms with E-state index >= 15 is 0 Å². The minimum Gasteiger partial charge on any atom is -0.317 e. The Morgan fingerprint density at radius 3 is 2.86 bits per heavy atom. The molecule has 1 aromatic heterocycles. The Labute approximate surface area is 133 Å². The fourth-order valence-electron chi connectivity index (χ4n) is 1.93. The maximum atomic E-state index is 12.0. The number of benzene rings is 1. The summed E-state index contributed by atoms with van der Waals surface area (Å²) < 4.78 is 0. The van der Waals surface area contributed by atoms with Gasteiger partial charge in [0.2, 0.25) is 5.91 Å². The van der Waals surface area contributed by atoms with Gasteiger partial charge in [-0.05, 0) is 30.5 Å². The van der Waals surface area contributed by atoms with Gasteiger partial charge in [-0.15, -0.1) is 11.3 Å². The topological polar surface area (TPSA) is 52.9 Å². The zero-order chi connectivity index (χ0) is 15.2. The van der Waals surface area contributed by atoms with Crippen LogP contribution in [0.1, 0.15) is 29.3 Å². The predicted molar refractivity (Wildman–Crippen MR) is 86.8 cm³/mol. The van der Waals surface area contributed by atoms with Crippen molar-refractivity contribution >= 4 is 33.8 Å². The van der Waals surface area contributed by atoms with E-state index in [4.69, 9.17) is 16.9 Å². The standard InChI is InChI=1S/C16H15ClN2OS/c1-2-13-9-12(10-18)16(21-13)19-15(20)8-7-11-5-3-4-6-14(11)17/h3-6,9H,2,7-8H2,1H3,(H,19,20). The highest BCUT2D eigenvalue weighted by Crippen LogP contribution is 2.28. The SMILES string of the molecule is CCc1cc(C#N)c(NC(=O)CCc2ccccc2Cl)s1. The number of amides is 1. The number of rotatable bonds is 5. The average Bonchev–Trinajstić information content (AvgIpc) is 2.88. The maximum absolute atomic E-state index is 12.0. The first-order chi connectivity index (χ1) is 10.1. The summed E-state index contributed by atoms with van der Waals surface area (Å²) in [4.78, 5) is 13.1. The van der Waals surface area contributed by atoms with E-state index in [2.05, 4.69) is 11.4 Å². The third-order valence-corrected chi connectivity index (χ3v) is 4.65. The van der Waals surface area contributed by atoms with E-state index in [9.17, 15) is 4.79 Å². The summed E-state index contributed by atoms with van der Waals surface area (Å²) in [7, 11) is 0. The average molecular weight is 319 g/mol. The Morgan fingerprint density at radius 1 is 1.43 bits per heavy atom. The quantitative estimate of drug-likeness (QED) is 0.888. The van der Waals surface area contributed by atoms with Gasteiger partial charge in [0, 0.05) is 16.3 Å². The van der Waals surface area contributed by atoms with E-state index in [0.717, 1.165) is 16.9 Å². The Bertz CT molecular complexity index is 688. The third kappa shape index (κ3) is 4.07. The Kier molecular flexibility index (Phi) is 5.38. The summed E-state index contributed by atoms with van der Waals surface area (Å²) in [5.74, 6) is -0.101. The molecule has 0 fully saturated rings. The lowest BCUT2D eigenvalue weighted by Gasteiger charge is -2.05. The van der Waals surface area contributed by atoms with Crippen molar-refractivity contribution in [2.24, 2.45) is 0 Å². The highest BCUT2D eigenvalue weighted by molar-refractivity contribution is 7.16. The van der Waals surface area contributed by atoms with E-state index in [1.54, 1.807) is 0 Å². The van der Waals surface area contributed by atoms with Crippen LogP contribution in [0.25, 0.3) is 0 Å². The van der Waals surface area contributed by atoms with Gasteiger partial charge in [0.15, 0.2) is 0 Å². The van der Waals surface area contributed by atoms with Crippen LogP contribution < -0.4 is 5.32 Å². The Hall–Kier alpha value is -1.83. The molecule has 0 aliphatic carbocycles. The molecule has 0 aliphatic heterocycles. The fraction of sp³-hybridized carbons (Fsp3) is 0.250. The van der Waals surface area contributed by atoms with Gasteiger partial charge in [0.1, 0.15) is 11.1 Å². The van der Waals surface area contributed by atoms with E-state index in [1.165, 1.54) is 11.3 Å². The highest BCUT2D eigenvalue weighted by atomic mass is 35.5. The van der Waals surface area contributed by atoms with Crippen LogP contribution in [-0.4, -0.2) is 5.91 Å². The van der Waals surface area contributed by atoms with Crippen molar-refractivity contribution in [2.45, 2.75) is 26.2 Å². The molecule has 0 saturated heterocycles. The van der Waals surface area contributed by atoms with Crippen LogP contribution in [0.4, 0.5) is 5.00 Å².